The second kappa shape index (κ2) is 41.7. The first-order valence-electron chi connectivity index (χ1n) is 44.7. The third-order valence-electron chi connectivity index (χ3n) is 28.4. The summed E-state index contributed by atoms with van der Waals surface area (Å²) >= 11 is 0. The fourth-order valence-electron chi connectivity index (χ4n) is 20.8. The molecule has 16 rings (SSSR count). The number of carbonyl (C=O) groups excluding carboxylic acids is 1. The third kappa shape index (κ3) is 25.6. The molecule has 11 heterocycles. The largest absolute Gasteiger partial charge is 0.364 e. The summed E-state index contributed by atoms with van der Waals surface area (Å²) in [5.74, 6) is 3.84. The lowest BCUT2D eigenvalue weighted by Crippen LogP contribution is -2.61. The van der Waals surface area contributed by atoms with Gasteiger partial charge < -0.3 is 35.1 Å². The molecule has 0 amide bonds. The van der Waals surface area contributed by atoms with E-state index in [-0.39, 0.29) is 5.97 Å². The van der Waals surface area contributed by atoms with Gasteiger partial charge in [0.25, 0.3) is 0 Å². The SMILES string of the molecule is CC(C)N1CC2(CCC2)C1.CC(C)N1CC2(CCCC2)C1.CC(C)N1CC2CCCC2C1.CC(C)N1CCC2(CCCN2)C1.CC(C)N1CCC2(CCNC2)C1.CC(C)N1CCCC12CCCC2.CC(C)N1CCN(OC(=O)c2ccccc2)CC1.CC1CN(C(C)C)C1.CCCC1CN(C(C)C)C1. The Morgan fingerprint density at radius 1 is 0.423 bits per heavy atom. The van der Waals surface area contributed by atoms with E-state index < -0.39 is 0 Å². The van der Waals surface area contributed by atoms with Gasteiger partial charge in [-0.05, 0) is 306 Å². The van der Waals surface area contributed by atoms with Crippen LogP contribution in [-0.2, 0) is 4.84 Å². The molecule has 14 heteroatoms. The van der Waals surface area contributed by atoms with Crippen LogP contribution in [0.1, 0.15) is 297 Å². The Balaban J connectivity index is 0.000000149. The summed E-state index contributed by atoms with van der Waals surface area (Å²) in [4.78, 5) is 40.4. The van der Waals surface area contributed by atoms with Crippen molar-refractivity contribution in [1.29, 1.82) is 0 Å². The van der Waals surface area contributed by atoms with Crippen LogP contribution in [0.5, 0.6) is 0 Å². The van der Waals surface area contributed by atoms with Crippen molar-refractivity contribution in [2.45, 2.75) is 352 Å². The van der Waals surface area contributed by atoms with Gasteiger partial charge in [-0.3, -0.25) is 24.5 Å². The number of likely N-dealkylation sites (tertiary alicyclic amines) is 8. The number of nitrogens with zero attached hydrogens (tertiary/aromatic N) is 10. The lowest BCUT2D eigenvalue weighted by molar-refractivity contribution is -0.132. The molecule has 0 aromatic heterocycles. The average molecular weight is 1450 g/mol. The molecule has 4 atom stereocenters. The second-order valence-electron chi connectivity index (χ2n) is 39.4. The average Bonchev–Trinajstić information content (AvgIpc) is 1.28. The summed E-state index contributed by atoms with van der Waals surface area (Å²) in [6, 6.07) is 15.8. The Morgan fingerprint density at radius 2 is 0.894 bits per heavy atom. The maximum Gasteiger partial charge on any atom is 0.357 e. The van der Waals surface area contributed by atoms with Crippen LogP contribution < -0.4 is 10.6 Å². The number of hydroxylamine groups is 2. The molecule has 602 valence electrons. The molecule has 104 heavy (non-hydrogen) atoms. The molecule has 11 aliphatic heterocycles. The number of carbonyl (C=O) groups is 1. The van der Waals surface area contributed by atoms with E-state index in [9.17, 15) is 4.79 Å². The maximum atomic E-state index is 11.9. The number of hydrogen-bond acceptors (Lipinski definition) is 14. The van der Waals surface area contributed by atoms with Crippen LogP contribution in [0.3, 0.4) is 0 Å². The number of fused-ring (bicyclic) bond motifs is 1. The zero-order valence-corrected chi connectivity index (χ0v) is 72.0. The van der Waals surface area contributed by atoms with Gasteiger partial charge >= 0.3 is 5.97 Å². The van der Waals surface area contributed by atoms with Crippen LogP contribution in [0, 0.1) is 39.9 Å². The number of benzene rings is 1. The predicted molar refractivity (Wildman–Crippen MR) is 444 cm³/mol. The lowest BCUT2D eigenvalue weighted by atomic mass is 9.63. The molecule has 14 nitrogen and oxygen atoms in total. The van der Waals surface area contributed by atoms with Gasteiger partial charge in [0.15, 0.2) is 0 Å². The summed E-state index contributed by atoms with van der Waals surface area (Å²) in [6.07, 6.45) is 33.6. The highest BCUT2D eigenvalue weighted by atomic mass is 16.7. The van der Waals surface area contributed by atoms with Gasteiger partial charge in [0, 0.05) is 183 Å². The highest BCUT2D eigenvalue weighted by Gasteiger charge is 2.49. The van der Waals surface area contributed by atoms with E-state index in [0.29, 0.717) is 28.1 Å². The Morgan fingerprint density at radius 3 is 1.32 bits per heavy atom. The van der Waals surface area contributed by atoms with Crippen molar-refractivity contribution in [3.05, 3.63) is 35.9 Å². The molecule has 11 saturated heterocycles. The lowest BCUT2D eigenvalue weighted by Gasteiger charge is -2.57. The molecule has 4 saturated carbocycles. The molecular formula is C90H170N12O2. The minimum absolute atomic E-state index is 0.270. The van der Waals surface area contributed by atoms with Crippen molar-refractivity contribution in [3.8, 4) is 0 Å². The van der Waals surface area contributed by atoms with Crippen molar-refractivity contribution in [1.82, 2.24) is 59.8 Å². The van der Waals surface area contributed by atoms with Gasteiger partial charge in [-0.15, -0.1) is 5.06 Å². The smallest absolute Gasteiger partial charge is 0.357 e. The van der Waals surface area contributed by atoms with Crippen LogP contribution in [0.4, 0.5) is 0 Å². The number of rotatable bonds is 13. The quantitative estimate of drug-likeness (QED) is 0.197. The van der Waals surface area contributed by atoms with Crippen molar-refractivity contribution >= 4 is 5.97 Å². The Kier molecular flexibility index (Phi) is 35.2. The molecule has 15 aliphatic rings. The number of nitrogens with one attached hydrogen (secondary N) is 2. The van der Waals surface area contributed by atoms with Crippen molar-refractivity contribution < 1.29 is 9.63 Å². The van der Waals surface area contributed by atoms with Crippen LogP contribution in [-0.4, -0.2) is 265 Å². The standard InChI is InChI=1S/C14H20N2O2.C11H21N.2C10H20N2.2C10H19N.C9H17N.C9H19N.C7H15N/c1-12(2)15-8-10-16(11-9-15)18-14(17)13-6-4-3-5-7-13;1-10(2)12-9-5-8-11(12)6-3-4-7-11;1-9(2)12-6-4-10(8-12)3-5-11-7-10;1-9(2)12-7-5-10(8-12)4-3-6-11-10;1-8(2)11-6-9-4-3-5-10(9)7-11;1-9(2)11-7-10(8-11)5-3-4-6-10;1-8(2)10-6-9(7-10)4-3-5-9;1-4-5-9-6-10(7-9)8(2)3;1-6(2)8-4-7(3)5-8/h3-7,12H,8-11H2,1-2H3;10H,3-9H2,1-2H3;2*9,11H,3-8H2,1-2H3;8-10H,3-7H2,1-2H3;9H,3-8H2,1-2H3;8H,3-7H2,1-2H3;8-9H,4-7H2,1-3H3;6-7H,4-5H2,1-3H3. The Bertz CT molecular complexity index is 2440. The first-order valence-corrected chi connectivity index (χ1v) is 44.7. The van der Waals surface area contributed by atoms with Crippen LogP contribution in [0.2, 0.25) is 0 Å². The van der Waals surface area contributed by atoms with E-state index in [2.05, 4.69) is 193 Å². The second-order valence-corrected chi connectivity index (χ2v) is 39.4. The van der Waals surface area contributed by atoms with E-state index in [4.69, 9.17) is 4.84 Å². The van der Waals surface area contributed by atoms with Gasteiger partial charge in [-0.25, -0.2) is 4.79 Å². The maximum absolute atomic E-state index is 11.9. The minimum Gasteiger partial charge on any atom is -0.364 e. The van der Waals surface area contributed by atoms with Crippen molar-refractivity contribution in [3.63, 3.8) is 0 Å². The first-order chi connectivity index (χ1) is 49.5. The minimum atomic E-state index is -0.270. The Labute approximate surface area is 643 Å². The summed E-state index contributed by atoms with van der Waals surface area (Å²) < 4.78 is 0. The van der Waals surface area contributed by atoms with Gasteiger partial charge in [0.05, 0.1) is 5.56 Å². The summed E-state index contributed by atoms with van der Waals surface area (Å²) in [5, 5.41) is 8.92. The topological polar surface area (TPSA) is 82.8 Å². The van der Waals surface area contributed by atoms with Crippen LogP contribution in [0.15, 0.2) is 30.3 Å². The first kappa shape index (κ1) is 87.8. The van der Waals surface area contributed by atoms with Crippen LogP contribution >= 0.6 is 0 Å². The van der Waals surface area contributed by atoms with Gasteiger partial charge in [-0.1, -0.05) is 77.0 Å². The fraction of sp³-hybridized carbons (Fsp3) is 0.922. The molecule has 2 N–H and O–H groups in total. The number of hydrogen-bond donors (Lipinski definition) is 2. The molecule has 5 spiro atoms. The van der Waals surface area contributed by atoms with E-state index in [1.165, 1.54) is 265 Å². The highest BCUT2D eigenvalue weighted by Crippen LogP contribution is 2.49. The summed E-state index contributed by atoms with van der Waals surface area (Å²) in [5.41, 5.74) is 4.06. The molecule has 0 bridgehead atoms. The Hall–Kier alpha value is -1.79. The molecule has 4 aliphatic carbocycles. The summed E-state index contributed by atoms with van der Waals surface area (Å²) in [7, 11) is 0. The molecule has 1 aromatic rings. The van der Waals surface area contributed by atoms with Gasteiger partial charge in [-0.2, -0.15) is 0 Å². The zero-order chi connectivity index (χ0) is 75.4. The van der Waals surface area contributed by atoms with Crippen molar-refractivity contribution in [2.24, 2.45) is 39.9 Å². The molecule has 15 fully saturated rings. The van der Waals surface area contributed by atoms with E-state index in [1.54, 1.807) is 17.2 Å². The zero-order valence-electron chi connectivity index (χ0n) is 72.0. The molecular weight excluding hydrogens is 1280 g/mol. The number of piperazine rings is 1. The predicted octanol–water partition coefficient (Wildman–Crippen LogP) is 16.6. The summed E-state index contributed by atoms with van der Waals surface area (Å²) in [6.45, 7) is 73.3. The molecule has 4 unspecified atom stereocenters. The highest BCUT2D eigenvalue weighted by molar-refractivity contribution is 5.89. The van der Waals surface area contributed by atoms with Gasteiger partial charge in [0.1, 0.15) is 0 Å². The fourth-order valence-corrected chi connectivity index (χ4v) is 20.8. The van der Waals surface area contributed by atoms with Gasteiger partial charge in [0.2, 0.25) is 0 Å². The molecule has 1 aromatic carbocycles. The molecule has 0 radical (unpaired) electrons. The monoisotopic (exact) mass is 1450 g/mol. The normalized spacial score (nSPS) is 29.1. The van der Waals surface area contributed by atoms with E-state index >= 15 is 0 Å². The van der Waals surface area contributed by atoms with Crippen molar-refractivity contribution in [2.75, 3.05) is 144 Å². The van der Waals surface area contributed by atoms with E-state index in [1.807, 2.05) is 18.2 Å². The van der Waals surface area contributed by atoms with E-state index in [0.717, 1.165) is 109 Å². The third-order valence-corrected chi connectivity index (χ3v) is 28.4. The van der Waals surface area contributed by atoms with Crippen LogP contribution in [0.25, 0.3) is 0 Å².